The Morgan fingerprint density at radius 2 is 1.30 bits per heavy atom. The maximum absolute atomic E-state index is 12.7. The Hall–Kier alpha value is -6.67. The third-order valence-electron chi connectivity index (χ3n) is 10.1. The van der Waals surface area contributed by atoms with E-state index in [4.69, 9.17) is 15.3 Å². The standard InChI is InChI=1S/C46H41N7O/c1-3-4-24-44-47-42(43-31-34(2)29-30-52(43)54)33-51(44)32-35-25-27-36(28-26-35)40-22-14-15-23-41(40)45-48-49-50-53(45)46(37-16-8-5-9-17-37,38-18-10-6-11-19-38)39-20-12-7-13-21-39/h5-23,25-31,33H,3-4,24,32H2,1-2H3. The van der Waals surface area contributed by atoms with Crippen molar-refractivity contribution < 1.29 is 4.73 Å². The van der Waals surface area contributed by atoms with Gasteiger partial charge in [-0.2, -0.15) is 4.73 Å². The lowest BCUT2D eigenvalue weighted by Crippen LogP contribution is -2.39. The van der Waals surface area contributed by atoms with Crippen molar-refractivity contribution in [2.45, 2.75) is 45.2 Å². The van der Waals surface area contributed by atoms with E-state index in [0.717, 1.165) is 74.3 Å². The summed E-state index contributed by atoms with van der Waals surface area (Å²) in [4.78, 5) is 4.94. The smallest absolute Gasteiger partial charge is 0.244 e. The zero-order valence-corrected chi connectivity index (χ0v) is 30.5. The van der Waals surface area contributed by atoms with Crippen LogP contribution in [0.3, 0.4) is 0 Å². The molecular weight excluding hydrogens is 667 g/mol. The fraction of sp³-hybridized carbons (Fsp3) is 0.152. The highest BCUT2D eigenvalue weighted by molar-refractivity contribution is 5.81. The van der Waals surface area contributed by atoms with E-state index >= 15 is 0 Å². The summed E-state index contributed by atoms with van der Waals surface area (Å²) < 4.78 is 5.06. The molecule has 54 heavy (non-hydrogen) atoms. The summed E-state index contributed by atoms with van der Waals surface area (Å²) in [5.41, 5.74) is 8.71. The minimum absolute atomic E-state index is 0.566. The molecule has 0 bridgehead atoms. The molecule has 0 spiro atoms. The van der Waals surface area contributed by atoms with Crippen LogP contribution in [0.4, 0.5) is 0 Å². The highest BCUT2D eigenvalue weighted by Crippen LogP contribution is 2.43. The van der Waals surface area contributed by atoms with Gasteiger partial charge in [-0.05, 0) is 62.7 Å². The molecule has 0 fully saturated rings. The van der Waals surface area contributed by atoms with Crippen molar-refractivity contribution in [1.82, 2.24) is 29.8 Å². The number of aromatic nitrogens is 7. The molecule has 0 aliphatic heterocycles. The first kappa shape index (κ1) is 34.4. The molecule has 0 saturated heterocycles. The molecule has 3 aromatic heterocycles. The van der Waals surface area contributed by atoms with Crippen LogP contribution in [0.1, 0.15) is 53.4 Å². The second kappa shape index (κ2) is 15.1. The predicted octanol–water partition coefficient (Wildman–Crippen LogP) is 9.04. The second-order valence-corrected chi connectivity index (χ2v) is 13.7. The monoisotopic (exact) mass is 707 g/mol. The third-order valence-corrected chi connectivity index (χ3v) is 10.1. The van der Waals surface area contributed by atoms with Gasteiger partial charge >= 0.3 is 0 Å². The SMILES string of the molecule is CCCCc1nc(-c2cc(C)cc[n+]2[O-])cn1Cc1ccc(-c2ccccc2-c2nnnn2C(c2ccccc2)(c2ccccc2)c2ccccc2)cc1. The van der Waals surface area contributed by atoms with Crippen molar-refractivity contribution in [3.63, 3.8) is 0 Å². The molecule has 0 unspecified atom stereocenters. The molecular formula is C46H41N7O. The van der Waals surface area contributed by atoms with Crippen molar-refractivity contribution >= 4 is 0 Å². The van der Waals surface area contributed by atoms with E-state index in [-0.39, 0.29) is 0 Å². The van der Waals surface area contributed by atoms with Gasteiger partial charge in [0.15, 0.2) is 17.7 Å². The van der Waals surface area contributed by atoms with Crippen LogP contribution in [0.5, 0.6) is 0 Å². The quantitative estimate of drug-likeness (QED) is 0.0719. The number of nitrogens with zero attached hydrogens (tertiary/aromatic N) is 7. The summed E-state index contributed by atoms with van der Waals surface area (Å²) in [5.74, 6) is 1.64. The Labute approximate surface area is 315 Å². The van der Waals surface area contributed by atoms with Crippen LogP contribution < -0.4 is 4.73 Å². The molecule has 8 heteroatoms. The molecule has 0 amide bonds. The Bertz CT molecular complexity index is 2380. The van der Waals surface area contributed by atoms with E-state index < -0.39 is 5.54 Å². The van der Waals surface area contributed by atoms with Gasteiger partial charge < -0.3 is 9.77 Å². The van der Waals surface area contributed by atoms with Crippen LogP contribution in [0.15, 0.2) is 164 Å². The van der Waals surface area contributed by atoms with Gasteiger partial charge in [-0.1, -0.05) is 153 Å². The van der Waals surface area contributed by atoms with Gasteiger partial charge in [-0.25, -0.2) is 9.67 Å². The summed E-state index contributed by atoms with van der Waals surface area (Å²) in [6.45, 7) is 4.82. The molecule has 0 aliphatic rings. The van der Waals surface area contributed by atoms with Crippen LogP contribution in [0.25, 0.3) is 33.9 Å². The lowest BCUT2D eigenvalue weighted by Gasteiger charge is -2.36. The molecule has 0 N–H and O–H groups in total. The number of aryl methyl sites for hydroxylation is 2. The lowest BCUT2D eigenvalue weighted by molar-refractivity contribution is -0.593. The minimum Gasteiger partial charge on any atom is -0.618 e. The number of hydrogen-bond donors (Lipinski definition) is 0. The number of hydrogen-bond acceptors (Lipinski definition) is 5. The largest absolute Gasteiger partial charge is 0.618 e. The fourth-order valence-corrected chi connectivity index (χ4v) is 7.43. The number of tetrazole rings is 1. The first-order valence-electron chi connectivity index (χ1n) is 18.5. The number of unbranched alkanes of at least 4 members (excludes halogenated alkanes) is 1. The maximum atomic E-state index is 12.7. The molecule has 266 valence electrons. The van der Waals surface area contributed by atoms with Gasteiger partial charge in [0.1, 0.15) is 11.4 Å². The van der Waals surface area contributed by atoms with Crippen LogP contribution in [0, 0.1) is 12.1 Å². The molecule has 0 aliphatic carbocycles. The second-order valence-electron chi connectivity index (χ2n) is 13.7. The predicted molar refractivity (Wildman–Crippen MR) is 212 cm³/mol. The molecule has 8 aromatic rings. The van der Waals surface area contributed by atoms with E-state index in [1.165, 1.54) is 0 Å². The first-order valence-corrected chi connectivity index (χ1v) is 18.5. The van der Waals surface area contributed by atoms with Crippen LogP contribution in [-0.4, -0.2) is 29.8 Å². The van der Waals surface area contributed by atoms with Crippen LogP contribution in [0.2, 0.25) is 0 Å². The van der Waals surface area contributed by atoms with Gasteiger partial charge in [0, 0.05) is 36.9 Å². The zero-order chi connectivity index (χ0) is 36.9. The van der Waals surface area contributed by atoms with Crippen molar-refractivity contribution in [1.29, 1.82) is 0 Å². The first-order chi connectivity index (χ1) is 26.6. The highest BCUT2D eigenvalue weighted by Gasteiger charge is 2.42. The number of rotatable bonds is 12. The highest BCUT2D eigenvalue weighted by atomic mass is 16.5. The Balaban J connectivity index is 1.19. The fourth-order valence-electron chi connectivity index (χ4n) is 7.43. The van der Waals surface area contributed by atoms with Crippen LogP contribution in [-0.2, 0) is 18.5 Å². The number of benzene rings is 5. The van der Waals surface area contributed by atoms with Gasteiger partial charge in [0.05, 0.1) is 0 Å². The van der Waals surface area contributed by atoms with E-state index in [9.17, 15) is 5.21 Å². The Morgan fingerprint density at radius 1 is 0.704 bits per heavy atom. The normalized spacial score (nSPS) is 11.5. The van der Waals surface area contributed by atoms with E-state index in [1.54, 1.807) is 6.20 Å². The van der Waals surface area contributed by atoms with Crippen molar-refractivity contribution in [3.05, 3.63) is 203 Å². The molecule has 0 radical (unpaired) electrons. The lowest BCUT2D eigenvalue weighted by atomic mass is 9.77. The third kappa shape index (κ3) is 6.47. The Morgan fingerprint density at radius 3 is 1.91 bits per heavy atom. The Kier molecular flexibility index (Phi) is 9.64. The summed E-state index contributed by atoms with van der Waals surface area (Å²) in [7, 11) is 0. The number of pyridine rings is 1. The van der Waals surface area contributed by atoms with Gasteiger partial charge in [0.2, 0.25) is 5.69 Å². The van der Waals surface area contributed by atoms with Crippen molar-refractivity contribution in [3.8, 4) is 33.9 Å². The van der Waals surface area contributed by atoms with E-state index in [2.05, 4.69) is 132 Å². The minimum atomic E-state index is -0.859. The zero-order valence-electron chi connectivity index (χ0n) is 30.5. The summed E-state index contributed by atoms with van der Waals surface area (Å²) in [5, 5.41) is 26.5. The van der Waals surface area contributed by atoms with Crippen LogP contribution >= 0.6 is 0 Å². The molecule has 3 heterocycles. The maximum Gasteiger partial charge on any atom is 0.244 e. The molecule has 0 saturated carbocycles. The average Bonchev–Trinajstić information content (AvgIpc) is 3.88. The summed E-state index contributed by atoms with van der Waals surface area (Å²) >= 11 is 0. The average molecular weight is 708 g/mol. The molecule has 5 aromatic carbocycles. The van der Waals surface area contributed by atoms with Crippen molar-refractivity contribution in [2.24, 2.45) is 0 Å². The topological polar surface area (TPSA) is 88.4 Å². The molecule has 8 rings (SSSR count). The van der Waals surface area contributed by atoms with E-state index in [0.29, 0.717) is 23.8 Å². The van der Waals surface area contributed by atoms with Gasteiger partial charge in [-0.15, -0.1) is 5.10 Å². The van der Waals surface area contributed by atoms with Gasteiger partial charge in [-0.3, -0.25) is 0 Å². The van der Waals surface area contributed by atoms with E-state index in [1.807, 2.05) is 54.2 Å². The molecule has 8 nitrogen and oxygen atoms in total. The van der Waals surface area contributed by atoms with Gasteiger partial charge in [0.25, 0.3) is 0 Å². The number of imidazole rings is 1. The summed E-state index contributed by atoms with van der Waals surface area (Å²) in [6.07, 6.45) is 6.49. The molecule has 0 atom stereocenters. The van der Waals surface area contributed by atoms with Crippen molar-refractivity contribution in [2.75, 3.05) is 0 Å². The summed E-state index contributed by atoms with van der Waals surface area (Å²) in [6, 6.07) is 52.1.